The number of halogens is 1. The fourth-order valence-electron chi connectivity index (χ4n) is 1.37. The van der Waals surface area contributed by atoms with E-state index in [4.69, 9.17) is 21.4 Å². The molecule has 0 heterocycles. The van der Waals surface area contributed by atoms with E-state index in [0.29, 0.717) is 29.2 Å². The quantitative estimate of drug-likeness (QED) is 0.835. The molecule has 1 rings (SSSR count). The zero-order chi connectivity index (χ0) is 12.1. The molecule has 16 heavy (non-hydrogen) atoms. The Hall–Kier alpha value is -1.42. The largest absolute Gasteiger partial charge is 0.508 e. The van der Waals surface area contributed by atoms with Gasteiger partial charge in [-0.15, -0.1) is 0 Å². The van der Waals surface area contributed by atoms with Gasteiger partial charge in [-0.05, 0) is 24.5 Å². The number of carboxylic acid groups (broad SMARTS) is 1. The minimum absolute atomic E-state index is 0.0659. The van der Waals surface area contributed by atoms with Crippen molar-refractivity contribution in [1.29, 1.82) is 0 Å². The molecule has 0 unspecified atom stereocenters. The van der Waals surface area contributed by atoms with Gasteiger partial charge in [-0.25, -0.2) is 0 Å². The molecule has 0 amide bonds. The zero-order valence-corrected chi connectivity index (χ0v) is 9.62. The highest BCUT2D eigenvalue weighted by molar-refractivity contribution is 6.32. The van der Waals surface area contributed by atoms with E-state index in [-0.39, 0.29) is 12.2 Å². The molecule has 88 valence electrons. The molecule has 0 aliphatic rings. The van der Waals surface area contributed by atoms with Crippen LogP contribution < -0.4 is 4.74 Å². The number of aromatic hydroxyl groups is 1. The Bertz CT molecular complexity index is 390. The van der Waals surface area contributed by atoms with Crippen LogP contribution in [0.5, 0.6) is 11.5 Å². The second-order valence-electron chi connectivity index (χ2n) is 3.36. The summed E-state index contributed by atoms with van der Waals surface area (Å²) in [5.74, 6) is -0.304. The second kappa shape index (κ2) is 5.61. The number of carboxylic acids is 1. The van der Waals surface area contributed by atoms with Crippen LogP contribution in [0.4, 0.5) is 0 Å². The molecule has 1 aromatic rings. The molecule has 0 saturated heterocycles. The van der Waals surface area contributed by atoms with Crippen molar-refractivity contribution in [1.82, 2.24) is 0 Å². The van der Waals surface area contributed by atoms with Gasteiger partial charge in [-0.2, -0.15) is 0 Å². The Morgan fingerprint density at radius 3 is 2.75 bits per heavy atom. The Morgan fingerprint density at radius 2 is 2.19 bits per heavy atom. The first-order valence-corrected chi connectivity index (χ1v) is 5.19. The molecule has 0 saturated carbocycles. The summed E-state index contributed by atoms with van der Waals surface area (Å²) in [6.07, 6.45) is 1.02. The molecule has 0 aliphatic carbocycles. The first-order valence-electron chi connectivity index (χ1n) is 4.81. The summed E-state index contributed by atoms with van der Waals surface area (Å²) in [6.45, 7) is 0. The van der Waals surface area contributed by atoms with E-state index >= 15 is 0 Å². The minimum atomic E-state index is -0.847. The molecule has 2 N–H and O–H groups in total. The van der Waals surface area contributed by atoms with Crippen LogP contribution in [0.25, 0.3) is 0 Å². The van der Waals surface area contributed by atoms with Gasteiger partial charge in [0.1, 0.15) is 11.5 Å². The number of hydrogen-bond donors (Lipinski definition) is 2. The van der Waals surface area contributed by atoms with E-state index in [1.165, 1.54) is 13.2 Å². The average Bonchev–Trinajstić information content (AvgIpc) is 2.20. The summed E-state index contributed by atoms with van der Waals surface area (Å²) in [7, 11) is 1.49. The average molecular weight is 245 g/mol. The van der Waals surface area contributed by atoms with Crippen molar-refractivity contribution in [2.45, 2.75) is 19.3 Å². The van der Waals surface area contributed by atoms with E-state index in [0.717, 1.165) is 0 Å². The van der Waals surface area contributed by atoms with Crippen molar-refractivity contribution >= 4 is 17.6 Å². The van der Waals surface area contributed by atoms with Crippen molar-refractivity contribution in [3.05, 3.63) is 22.7 Å². The Labute approximate surface area is 98.4 Å². The third-order valence-corrected chi connectivity index (χ3v) is 2.49. The van der Waals surface area contributed by atoms with Crippen LogP contribution in [-0.4, -0.2) is 23.3 Å². The van der Waals surface area contributed by atoms with Gasteiger partial charge in [0.05, 0.1) is 12.1 Å². The van der Waals surface area contributed by atoms with Gasteiger partial charge in [-0.1, -0.05) is 11.6 Å². The maximum absolute atomic E-state index is 10.3. The fourth-order valence-corrected chi connectivity index (χ4v) is 1.61. The van der Waals surface area contributed by atoms with Crippen molar-refractivity contribution < 1.29 is 19.7 Å². The van der Waals surface area contributed by atoms with E-state index < -0.39 is 5.97 Å². The van der Waals surface area contributed by atoms with Gasteiger partial charge in [0.2, 0.25) is 0 Å². The van der Waals surface area contributed by atoms with Gasteiger partial charge in [0.25, 0.3) is 0 Å². The highest BCUT2D eigenvalue weighted by Crippen LogP contribution is 2.32. The summed E-state index contributed by atoms with van der Waals surface area (Å²) in [5, 5.41) is 18.4. The molecule has 0 aromatic heterocycles. The molecule has 4 nitrogen and oxygen atoms in total. The number of phenolic OH excluding ortho intramolecular Hbond substituents is 1. The molecule has 0 aliphatic heterocycles. The number of carbonyl (C=O) groups is 1. The number of ether oxygens (including phenoxy) is 1. The van der Waals surface area contributed by atoms with Crippen LogP contribution >= 0.6 is 11.6 Å². The molecular weight excluding hydrogens is 232 g/mol. The molecule has 0 bridgehead atoms. The summed E-state index contributed by atoms with van der Waals surface area (Å²) in [4.78, 5) is 10.3. The summed E-state index contributed by atoms with van der Waals surface area (Å²) in [5.41, 5.74) is 0.641. The van der Waals surface area contributed by atoms with Gasteiger partial charge in [-0.3, -0.25) is 4.79 Å². The van der Waals surface area contributed by atoms with Crippen LogP contribution in [0.3, 0.4) is 0 Å². The maximum atomic E-state index is 10.3. The summed E-state index contributed by atoms with van der Waals surface area (Å²) >= 11 is 5.81. The number of rotatable bonds is 5. The number of phenols is 1. The highest BCUT2D eigenvalue weighted by Gasteiger charge is 2.08. The number of aryl methyl sites for hydroxylation is 1. The first kappa shape index (κ1) is 12.6. The lowest BCUT2D eigenvalue weighted by Crippen LogP contribution is -1.96. The Morgan fingerprint density at radius 1 is 1.50 bits per heavy atom. The monoisotopic (exact) mass is 244 g/mol. The van der Waals surface area contributed by atoms with Gasteiger partial charge in [0.15, 0.2) is 0 Å². The van der Waals surface area contributed by atoms with Gasteiger partial charge >= 0.3 is 5.97 Å². The fraction of sp³-hybridized carbons (Fsp3) is 0.364. The van der Waals surface area contributed by atoms with E-state index in [1.54, 1.807) is 6.07 Å². The highest BCUT2D eigenvalue weighted by atomic mass is 35.5. The number of methoxy groups -OCH3 is 1. The van der Waals surface area contributed by atoms with Crippen LogP contribution in [0.1, 0.15) is 18.4 Å². The normalized spacial score (nSPS) is 10.1. The molecular formula is C11H13ClO4. The van der Waals surface area contributed by atoms with Gasteiger partial charge < -0.3 is 14.9 Å². The van der Waals surface area contributed by atoms with Crippen molar-refractivity contribution in [2.24, 2.45) is 0 Å². The lowest BCUT2D eigenvalue weighted by molar-refractivity contribution is -0.137. The predicted octanol–water partition coefficient (Wildman–Crippen LogP) is 2.46. The second-order valence-corrected chi connectivity index (χ2v) is 3.77. The third-order valence-electron chi connectivity index (χ3n) is 2.19. The molecule has 0 atom stereocenters. The third kappa shape index (κ3) is 3.31. The van der Waals surface area contributed by atoms with E-state index in [1.807, 2.05) is 0 Å². The van der Waals surface area contributed by atoms with E-state index in [2.05, 4.69) is 0 Å². The molecule has 1 aromatic carbocycles. The first-order chi connectivity index (χ1) is 7.54. The summed E-state index contributed by atoms with van der Waals surface area (Å²) in [6, 6.07) is 3.02. The van der Waals surface area contributed by atoms with Crippen LogP contribution in [-0.2, 0) is 11.2 Å². The van der Waals surface area contributed by atoms with E-state index in [9.17, 15) is 9.90 Å². The molecule has 0 radical (unpaired) electrons. The standard InChI is InChI=1S/C11H13ClO4/c1-16-10-5-7(3-2-4-11(14)15)9(13)6-8(10)12/h5-6,13H,2-4H2,1H3,(H,14,15). The number of benzene rings is 1. The van der Waals surface area contributed by atoms with Crippen molar-refractivity contribution in [2.75, 3.05) is 7.11 Å². The number of aliphatic carboxylic acids is 1. The lowest BCUT2D eigenvalue weighted by Gasteiger charge is -2.08. The smallest absolute Gasteiger partial charge is 0.303 e. The predicted molar refractivity (Wildman–Crippen MR) is 60.2 cm³/mol. The van der Waals surface area contributed by atoms with Crippen LogP contribution in [0.2, 0.25) is 5.02 Å². The topological polar surface area (TPSA) is 66.8 Å². The molecule has 5 heteroatoms. The molecule has 0 fully saturated rings. The summed E-state index contributed by atoms with van der Waals surface area (Å²) < 4.78 is 5.01. The number of hydrogen-bond acceptors (Lipinski definition) is 3. The van der Waals surface area contributed by atoms with Crippen molar-refractivity contribution in [3.8, 4) is 11.5 Å². The minimum Gasteiger partial charge on any atom is -0.508 e. The molecule has 0 spiro atoms. The zero-order valence-electron chi connectivity index (χ0n) is 8.86. The Balaban J connectivity index is 2.75. The lowest BCUT2D eigenvalue weighted by atomic mass is 10.1. The van der Waals surface area contributed by atoms with Crippen LogP contribution in [0, 0.1) is 0 Å². The SMILES string of the molecule is COc1cc(CCCC(=O)O)c(O)cc1Cl. The van der Waals surface area contributed by atoms with Crippen molar-refractivity contribution in [3.63, 3.8) is 0 Å². The van der Waals surface area contributed by atoms with Gasteiger partial charge in [0, 0.05) is 12.5 Å². The van der Waals surface area contributed by atoms with Crippen LogP contribution in [0.15, 0.2) is 12.1 Å². The maximum Gasteiger partial charge on any atom is 0.303 e. The Kier molecular flexibility index (Phi) is 4.43.